The van der Waals surface area contributed by atoms with Gasteiger partial charge in [0.25, 0.3) is 0 Å². The zero-order valence-corrected chi connectivity index (χ0v) is 11.2. The summed E-state index contributed by atoms with van der Waals surface area (Å²) in [6.07, 6.45) is 1.22. The van der Waals surface area contributed by atoms with Crippen molar-refractivity contribution in [2.75, 3.05) is 0 Å². The molecule has 0 heterocycles. The molecule has 0 aliphatic rings. The summed E-state index contributed by atoms with van der Waals surface area (Å²) in [5.41, 5.74) is 2.31. The zero-order valence-electron chi connectivity index (χ0n) is 9.77. The topological polar surface area (TPSA) is 0 Å². The molecule has 82 valence electrons. The van der Waals surface area contributed by atoms with E-state index in [2.05, 4.69) is 67.6 Å². The minimum absolute atomic E-state index is 0.131. The molecule has 16 heavy (non-hydrogen) atoms. The van der Waals surface area contributed by atoms with Gasteiger partial charge in [-0.1, -0.05) is 72.8 Å². The molecule has 0 nitrogen and oxygen atoms in total. The average Bonchev–Trinajstić information content (AvgIpc) is 2.31. The van der Waals surface area contributed by atoms with Crippen LogP contribution in [0.15, 0.2) is 60.7 Å². The standard InChI is InChI=1S/C15H18Si/c1-13(12-14-8-4-2-5-9-14)16-15-10-6-3-7-11-15/h2-11,13H,12,16H2,1H3/t13-/m0/s1. The number of hydrogen-bond acceptors (Lipinski definition) is 0. The van der Waals surface area contributed by atoms with Gasteiger partial charge in [0.2, 0.25) is 0 Å². The van der Waals surface area contributed by atoms with Gasteiger partial charge in [-0.2, -0.15) is 0 Å². The van der Waals surface area contributed by atoms with Crippen molar-refractivity contribution in [3.63, 3.8) is 0 Å². The van der Waals surface area contributed by atoms with Crippen LogP contribution in [-0.2, 0) is 6.42 Å². The van der Waals surface area contributed by atoms with E-state index >= 15 is 0 Å². The Bertz CT molecular complexity index is 366. The van der Waals surface area contributed by atoms with Gasteiger partial charge in [0, 0.05) is 0 Å². The summed E-state index contributed by atoms with van der Waals surface area (Å²) in [6, 6.07) is 21.8. The smallest absolute Gasteiger partial charge is 0.0578 e. The second kappa shape index (κ2) is 5.66. The quantitative estimate of drug-likeness (QED) is 0.703. The molecular formula is C15H18Si. The Morgan fingerprint density at radius 1 is 0.875 bits per heavy atom. The molecule has 0 amide bonds. The van der Waals surface area contributed by atoms with Crippen LogP contribution in [0, 0.1) is 0 Å². The summed E-state index contributed by atoms with van der Waals surface area (Å²) < 4.78 is 0. The van der Waals surface area contributed by atoms with E-state index in [1.54, 1.807) is 5.19 Å². The van der Waals surface area contributed by atoms with E-state index in [1.807, 2.05) is 0 Å². The van der Waals surface area contributed by atoms with Crippen LogP contribution in [0.4, 0.5) is 0 Å². The molecule has 0 unspecified atom stereocenters. The van der Waals surface area contributed by atoms with E-state index in [4.69, 9.17) is 0 Å². The lowest BCUT2D eigenvalue weighted by atomic mass is 10.1. The molecular weight excluding hydrogens is 208 g/mol. The average molecular weight is 226 g/mol. The molecule has 0 aromatic heterocycles. The molecule has 0 aliphatic heterocycles. The van der Waals surface area contributed by atoms with Crippen LogP contribution in [0.25, 0.3) is 0 Å². The largest absolute Gasteiger partial charge is 0.0666 e. The Labute approximate surface area is 100 Å². The Morgan fingerprint density at radius 3 is 2.06 bits per heavy atom. The highest BCUT2D eigenvalue weighted by molar-refractivity contribution is 6.54. The predicted molar refractivity (Wildman–Crippen MR) is 74.2 cm³/mol. The van der Waals surface area contributed by atoms with Crippen LogP contribution in [0.3, 0.4) is 0 Å². The van der Waals surface area contributed by atoms with E-state index in [0.29, 0.717) is 0 Å². The first-order chi connectivity index (χ1) is 7.84. The normalized spacial score (nSPS) is 13.1. The summed E-state index contributed by atoms with van der Waals surface area (Å²) in [5, 5.41) is 1.57. The van der Waals surface area contributed by atoms with Crippen molar-refractivity contribution in [3.8, 4) is 0 Å². The maximum atomic E-state index is 2.38. The van der Waals surface area contributed by atoms with Crippen LogP contribution in [-0.4, -0.2) is 9.52 Å². The highest BCUT2D eigenvalue weighted by Crippen LogP contribution is 2.11. The van der Waals surface area contributed by atoms with Gasteiger partial charge in [-0.3, -0.25) is 0 Å². The van der Waals surface area contributed by atoms with Gasteiger partial charge < -0.3 is 0 Å². The summed E-state index contributed by atoms with van der Waals surface area (Å²) in [6.45, 7) is 2.38. The number of rotatable bonds is 4. The molecule has 2 rings (SSSR count). The fourth-order valence-corrected chi connectivity index (χ4v) is 3.93. The van der Waals surface area contributed by atoms with Crippen molar-refractivity contribution in [3.05, 3.63) is 66.2 Å². The Hall–Kier alpha value is -1.34. The zero-order chi connectivity index (χ0) is 11.2. The van der Waals surface area contributed by atoms with Crippen molar-refractivity contribution in [1.29, 1.82) is 0 Å². The summed E-state index contributed by atoms with van der Waals surface area (Å²) in [4.78, 5) is 0. The minimum atomic E-state index is -0.131. The molecule has 1 atom stereocenters. The third-order valence-electron chi connectivity index (χ3n) is 2.85. The molecule has 0 fully saturated rings. The van der Waals surface area contributed by atoms with Gasteiger partial charge in [-0.25, -0.2) is 0 Å². The van der Waals surface area contributed by atoms with E-state index in [0.717, 1.165) is 5.54 Å². The second-order valence-corrected chi connectivity index (χ2v) is 7.10. The first-order valence-electron chi connectivity index (χ1n) is 5.92. The third kappa shape index (κ3) is 3.35. The van der Waals surface area contributed by atoms with Gasteiger partial charge >= 0.3 is 0 Å². The molecule has 0 spiro atoms. The van der Waals surface area contributed by atoms with Gasteiger partial charge in [-0.05, 0) is 17.5 Å². The number of benzene rings is 2. The molecule has 1 heteroatoms. The van der Waals surface area contributed by atoms with Crippen LogP contribution in [0.1, 0.15) is 12.5 Å². The van der Waals surface area contributed by atoms with Crippen molar-refractivity contribution in [2.24, 2.45) is 0 Å². The molecule has 0 N–H and O–H groups in total. The molecule has 0 bridgehead atoms. The van der Waals surface area contributed by atoms with Crippen LogP contribution in [0.2, 0.25) is 5.54 Å². The van der Waals surface area contributed by atoms with Crippen molar-refractivity contribution in [1.82, 2.24) is 0 Å². The van der Waals surface area contributed by atoms with Gasteiger partial charge in [0.05, 0.1) is 9.52 Å². The van der Waals surface area contributed by atoms with Crippen molar-refractivity contribution < 1.29 is 0 Å². The van der Waals surface area contributed by atoms with Crippen LogP contribution >= 0.6 is 0 Å². The molecule has 2 aromatic rings. The first kappa shape index (κ1) is 11.2. The van der Waals surface area contributed by atoms with Crippen LogP contribution < -0.4 is 5.19 Å². The van der Waals surface area contributed by atoms with E-state index < -0.39 is 0 Å². The van der Waals surface area contributed by atoms with Gasteiger partial charge in [-0.15, -0.1) is 0 Å². The Morgan fingerprint density at radius 2 is 1.44 bits per heavy atom. The summed E-state index contributed by atoms with van der Waals surface area (Å²) in [7, 11) is -0.131. The third-order valence-corrected chi connectivity index (χ3v) is 4.78. The molecule has 0 saturated heterocycles. The second-order valence-electron chi connectivity index (χ2n) is 4.48. The van der Waals surface area contributed by atoms with E-state index in [9.17, 15) is 0 Å². The fourth-order valence-electron chi connectivity index (χ4n) is 2.11. The Balaban J connectivity index is 1.92. The molecule has 0 saturated carbocycles. The van der Waals surface area contributed by atoms with Gasteiger partial charge in [0.1, 0.15) is 0 Å². The monoisotopic (exact) mass is 226 g/mol. The van der Waals surface area contributed by atoms with Crippen molar-refractivity contribution >= 4 is 14.7 Å². The lowest BCUT2D eigenvalue weighted by Crippen LogP contribution is -2.18. The molecule has 2 aromatic carbocycles. The summed E-state index contributed by atoms with van der Waals surface area (Å²) in [5.74, 6) is 0. The lowest BCUT2D eigenvalue weighted by molar-refractivity contribution is 0.909. The predicted octanol–water partition coefficient (Wildman–Crippen LogP) is 2.53. The fraction of sp³-hybridized carbons (Fsp3) is 0.200. The van der Waals surface area contributed by atoms with E-state index in [-0.39, 0.29) is 9.52 Å². The first-order valence-corrected chi connectivity index (χ1v) is 7.45. The molecule has 0 radical (unpaired) electrons. The maximum absolute atomic E-state index is 2.38. The Kier molecular flexibility index (Phi) is 3.95. The minimum Gasteiger partial charge on any atom is -0.0666 e. The molecule has 0 aliphatic carbocycles. The SMILES string of the molecule is C[C@@H](Cc1ccccc1)[SiH2]c1ccccc1. The highest BCUT2D eigenvalue weighted by Gasteiger charge is 2.05. The van der Waals surface area contributed by atoms with E-state index in [1.165, 1.54) is 12.0 Å². The van der Waals surface area contributed by atoms with Gasteiger partial charge in [0.15, 0.2) is 0 Å². The number of hydrogen-bond donors (Lipinski definition) is 0. The summed E-state index contributed by atoms with van der Waals surface area (Å²) >= 11 is 0. The maximum Gasteiger partial charge on any atom is 0.0578 e. The van der Waals surface area contributed by atoms with Crippen LogP contribution in [0.5, 0.6) is 0 Å². The lowest BCUT2D eigenvalue weighted by Gasteiger charge is -2.10. The van der Waals surface area contributed by atoms with Crippen molar-refractivity contribution in [2.45, 2.75) is 18.9 Å². The highest BCUT2D eigenvalue weighted by atomic mass is 28.2.